The Balaban J connectivity index is 1.20. The smallest absolute Gasteiger partial charge is 0.320 e. The van der Waals surface area contributed by atoms with Gasteiger partial charge in [-0.2, -0.15) is 0 Å². The molecule has 0 saturated heterocycles. The SMILES string of the molecule is CCCCCCCCOC(CCC(=O)OC12CC3CC1(OC(=O)CN(CC)CC)CC3(OC(=O)CC13CCC(CC1)CC3)C2)OCCCCCCCC. The Morgan fingerprint density at radius 3 is 1.68 bits per heavy atom. The average molecular weight is 746 g/mol. The molecule has 0 aromatic heterocycles. The lowest BCUT2D eigenvalue weighted by Crippen LogP contribution is -2.52. The van der Waals surface area contributed by atoms with Gasteiger partial charge in [-0.15, -0.1) is 0 Å². The first kappa shape index (κ1) is 42.4. The van der Waals surface area contributed by atoms with Gasteiger partial charge in [0.05, 0.1) is 19.4 Å². The van der Waals surface area contributed by atoms with Gasteiger partial charge in [-0.05, 0) is 88.6 Å². The summed E-state index contributed by atoms with van der Waals surface area (Å²) in [4.78, 5) is 43.0. The molecule has 0 aromatic carbocycles. The van der Waals surface area contributed by atoms with Crippen LogP contribution in [0, 0.1) is 17.3 Å². The van der Waals surface area contributed by atoms with E-state index in [4.69, 9.17) is 23.7 Å². The predicted octanol–water partition coefficient (Wildman–Crippen LogP) is 9.61. The van der Waals surface area contributed by atoms with Crippen LogP contribution in [0.1, 0.15) is 188 Å². The van der Waals surface area contributed by atoms with Crippen LogP contribution in [0.5, 0.6) is 0 Å². The highest BCUT2D eigenvalue weighted by molar-refractivity contribution is 5.75. The summed E-state index contributed by atoms with van der Waals surface area (Å²) in [6.45, 7) is 11.4. The number of hydrogen-bond donors (Lipinski definition) is 0. The largest absolute Gasteiger partial charge is 0.458 e. The number of unbranched alkanes of at least 4 members (excludes halogenated alkanes) is 10. The van der Waals surface area contributed by atoms with Gasteiger partial charge in [0.2, 0.25) is 0 Å². The Labute approximate surface area is 321 Å². The summed E-state index contributed by atoms with van der Waals surface area (Å²) in [5, 5.41) is 0. The molecule has 9 heteroatoms. The first-order valence-electron chi connectivity index (χ1n) is 22.2. The van der Waals surface area contributed by atoms with Gasteiger partial charge in [0.25, 0.3) is 0 Å². The molecule has 0 N–H and O–H groups in total. The topological polar surface area (TPSA) is 101 Å². The van der Waals surface area contributed by atoms with Crippen molar-refractivity contribution in [2.45, 2.75) is 211 Å². The van der Waals surface area contributed by atoms with Crippen molar-refractivity contribution < 1.29 is 38.1 Å². The van der Waals surface area contributed by atoms with Gasteiger partial charge in [0.1, 0.15) is 5.60 Å². The number of likely N-dealkylation sites (N-methyl/N-ethyl adjacent to an activating group) is 1. The lowest BCUT2D eigenvalue weighted by Gasteiger charge is -2.46. The fraction of sp³-hybridized carbons (Fsp3) is 0.932. The van der Waals surface area contributed by atoms with E-state index >= 15 is 0 Å². The first-order chi connectivity index (χ1) is 25.6. The fourth-order valence-electron chi connectivity index (χ4n) is 10.9. The molecule has 0 amide bonds. The maximum atomic E-state index is 13.8. The van der Waals surface area contributed by atoms with Crippen LogP contribution in [0.15, 0.2) is 0 Å². The predicted molar refractivity (Wildman–Crippen MR) is 206 cm³/mol. The molecule has 7 aliphatic carbocycles. The van der Waals surface area contributed by atoms with E-state index in [1.54, 1.807) is 0 Å². The van der Waals surface area contributed by atoms with Crippen LogP contribution in [-0.4, -0.2) is 78.7 Å². The second-order valence-corrected chi connectivity index (χ2v) is 17.8. The standard InChI is InChI=1S/C44H75NO8/c1-5-9-11-13-15-17-27-49-40(50-28-18-16-14-12-10-6-2)20-19-37(46)52-43-29-36-30-44(43,53-39(48)32-45(7-3)8-4)34-42(36,33-43)51-38(47)31-41-24-21-35(22-25-41)23-26-41/h35-36,40H,5-34H2,1-4H3. The minimum absolute atomic E-state index is 0.00848. The molecule has 0 aromatic rings. The van der Waals surface area contributed by atoms with Crippen LogP contribution in [0.25, 0.3) is 0 Å². The summed E-state index contributed by atoms with van der Waals surface area (Å²) < 4.78 is 31.9. The van der Waals surface area contributed by atoms with Crippen LogP contribution < -0.4 is 0 Å². The third-order valence-electron chi connectivity index (χ3n) is 14.0. The Morgan fingerprint density at radius 1 is 0.642 bits per heavy atom. The zero-order valence-electron chi connectivity index (χ0n) is 34.2. The van der Waals surface area contributed by atoms with Gasteiger partial charge >= 0.3 is 17.9 Å². The Morgan fingerprint density at radius 2 is 1.15 bits per heavy atom. The molecule has 7 saturated carbocycles. The van der Waals surface area contributed by atoms with E-state index in [1.807, 2.05) is 18.7 Å². The summed E-state index contributed by atoms with van der Waals surface area (Å²) in [5.74, 6) is 0.0845. The Bertz CT molecular complexity index is 1130. The molecule has 53 heavy (non-hydrogen) atoms. The molecule has 6 bridgehead atoms. The maximum Gasteiger partial charge on any atom is 0.320 e. The highest BCUT2D eigenvalue weighted by Gasteiger charge is 2.84. The number of nitrogens with zero attached hydrogens (tertiary/aromatic N) is 1. The molecule has 7 aliphatic rings. The van der Waals surface area contributed by atoms with Crippen molar-refractivity contribution in [1.82, 2.24) is 4.90 Å². The molecule has 0 spiro atoms. The minimum Gasteiger partial charge on any atom is -0.458 e. The zero-order chi connectivity index (χ0) is 37.8. The van der Waals surface area contributed by atoms with E-state index in [1.165, 1.54) is 70.6 Å². The monoisotopic (exact) mass is 746 g/mol. The van der Waals surface area contributed by atoms with Gasteiger partial charge in [0, 0.05) is 38.4 Å². The fourth-order valence-corrected chi connectivity index (χ4v) is 10.9. The first-order valence-corrected chi connectivity index (χ1v) is 22.2. The van der Waals surface area contributed by atoms with Crippen LogP contribution in [-0.2, 0) is 38.1 Å². The number of fused-ring (bicyclic) bond motifs is 3. The van der Waals surface area contributed by atoms with E-state index in [0.29, 0.717) is 51.7 Å². The quantitative estimate of drug-likeness (QED) is 0.0336. The van der Waals surface area contributed by atoms with Crippen LogP contribution >= 0.6 is 0 Å². The van der Waals surface area contributed by atoms with Crippen molar-refractivity contribution in [3.63, 3.8) is 0 Å². The number of carbonyl (C=O) groups is 3. The van der Waals surface area contributed by atoms with Crippen molar-refractivity contribution in [2.75, 3.05) is 32.8 Å². The molecule has 304 valence electrons. The van der Waals surface area contributed by atoms with Gasteiger partial charge in [-0.3, -0.25) is 19.3 Å². The summed E-state index contributed by atoms with van der Waals surface area (Å²) in [6, 6.07) is 0. The third kappa shape index (κ3) is 10.8. The van der Waals surface area contributed by atoms with Crippen molar-refractivity contribution in [2.24, 2.45) is 17.3 Å². The van der Waals surface area contributed by atoms with E-state index < -0.39 is 23.1 Å². The molecule has 7 fully saturated rings. The second kappa shape index (κ2) is 19.9. The maximum absolute atomic E-state index is 13.8. The molecule has 9 nitrogen and oxygen atoms in total. The number of rotatable bonds is 28. The van der Waals surface area contributed by atoms with Gasteiger partial charge in [0.15, 0.2) is 17.5 Å². The third-order valence-corrected chi connectivity index (χ3v) is 14.0. The zero-order valence-corrected chi connectivity index (χ0v) is 34.2. The van der Waals surface area contributed by atoms with Crippen LogP contribution in [0.2, 0.25) is 0 Å². The summed E-state index contributed by atoms with van der Waals surface area (Å²) in [5.41, 5.74) is -2.63. The van der Waals surface area contributed by atoms with Crippen LogP contribution in [0.3, 0.4) is 0 Å². The minimum atomic E-state index is -0.983. The molecule has 4 unspecified atom stereocenters. The lowest BCUT2D eigenvalue weighted by atomic mass is 9.59. The summed E-state index contributed by atoms with van der Waals surface area (Å²) in [7, 11) is 0. The van der Waals surface area contributed by atoms with Crippen molar-refractivity contribution in [3.05, 3.63) is 0 Å². The lowest BCUT2D eigenvalue weighted by molar-refractivity contribution is -0.201. The van der Waals surface area contributed by atoms with Crippen molar-refractivity contribution in [3.8, 4) is 0 Å². The molecular formula is C44H75NO8. The highest BCUT2D eigenvalue weighted by Crippen LogP contribution is 2.73. The summed E-state index contributed by atoms with van der Waals surface area (Å²) >= 11 is 0. The van der Waals surface area contributed by atoms with Crippen molar-refractivity contribution >= 4 is 17.9 Å². The van der Waals surface area contributed by atoms with Gasteiger partial charge in [-0.1, -0.05) is 91.9 Å². The van der Waals surface area contributed by atoms with Gasteiger partial charge in [-0.25, -0.2) is 0 Å². The van der Waals surface area contributed by atoms with E-state index in [2.05, 4.69) is 13.8 Å². The molecular weight excluding hydrogens is 670 g/mol. The number of esters is 3. The summed E-state index contributed by atoms with van der Waals surface area (Å²) in [6.07, 6.45) is 23.8. The van der Waals surface area contributed by atoms with Gasteiger partial charge < -0.3 is 23.7 Å². The average Bonchev–Trinajstić information content (AvgIpc) is 3.78. The number of hydrogen-bond acceptors (Lipinski definition) is 9. The van der Waals surface area contributed by atoms with Crippen LogP contribution in [0.4, 0.5) is 0 Å². The molecule has 0 radical (unpaired) electrons. The number of carbonyl (C=O) groups excluding carboxylic acids is 3. The Hall–Kier alpha value is -1.71. The van der Waals surface area contributed by atoms with E-state index in [-0.39, 0.29) is 42.2 Å². The highest BCUT2D eigenvalue weighted by atomic mass is 16.7. The molecule has 0 aliphatic heterocycles. The molecule has 0 heterocycles. The Kier molecular flexibility index (Phi) is 16.0. The normalized spacial score (nSPS) is 30.9. The van der Waals surface area contributed by atoms with E-state index in [0.717, 1.165) is 64.0 Å². The second-order valence-electron chi connectivity index (χ2n) is 17.8. The molecule has 4 atom stereocenters. The van der Waals surface area contributed by atoms with Crippen molar-refractivity contribution in [1.29, 1.82) is 0 Å². The molecule has 7 rings (SSSR count). The number of ether oxygens (including phenoxy) is 5. The van der Waals surface area contributed by atoms with E-state index in [9.17, 15) is 14.4 Å².